The minimum Gasteiger partial charge on any atom is -0.264 e. The van der Waals surface area contributed by atoms with Crippen LogP contribution < -0.4 is 10.4 Å². The van der Waals surface area contributed by atoms with Crippen LogP contribution in [-0.2, 0) is 0 Å². The number of pyridine rings is 1. The number of rotatable bonds is 1. The Morgan fingerprint density at radius 3 is 3.00 bits per heavy atom. The first-order valence-corrected chi connectivity index (χ1v) is 4.89. The number of aromatic nitrogens is 1. The monoisotopic (exact) mass is 173 g/mol. The molecule has 1 unspecified atom stereocenters. The molecule has 0 amide bonds. The molecule has 0 aliphatic heterocycles. The molecule has 0 radical (unpaired) electrons. The fourth-order valence-electron chi connectivity index (χ4n) is 1.77. The molecule has 1 aliphatic carbocycles. The van der Waals surface area contributed by atoms with Gasteiger partial charge in [-0.05, 0) is 34.8 Å². The maximum Gasteiger partial charge on any atom is 0.0343 e. The first kappa shape index (κ1) is 8.49. The van der Waals surface area contributed by atoms with Crippen LogP contribution in [0.25, 0.3) is 12.2 Å². The highest BCUT2D eigenvalue weighted by molar-refractivity contribution is 5.39. The molecule has 0 saturated carbocycles. The van der Waals surface area contributed by atoms with E-state index in [-0.39, 0.29) is 0 Å². The van der Waals surface area contributed by atoms with E-state index in [1.165, 1.54) is 10.4 Å². The lowest BCUT2D eigenvalue weighted by Crippen LogP contribution is -2.30. The number of hydrogen-bond acceptors (Lipinski definition) is 1. The second-order valence-electron chi connectivity index (χ2n) is 4.02. The van der Waals surface area contributed by atoms with Gasteiger partial charge in [-0.15, -0.1) is 0 Å². The van der Waals surface area contributed by atoms with E-state index in [9.17, 15) is 0 Å². The zero-order valence-corrected chi connectivity index (χ0v) is 8.20. The first-order chi connectivity index (χ1) is 6.27. The summed E-state index contributed by atoms with van der Waals surface area (Å²) in [6.07, 6.45) is 9.65. The Labute approximate surface area is 78.8 Å². The van der Waals surface area contributed by atoms with Crippen molar-refractivity contribution >= 4 is 12.2 Å². The average molecular weight is 173 g/mol. The molecule has 68 valence electrons. The Hall–Kier alpha value is -1.11. The molecule has 0 fully saturated rings. The molecule has 1 heterocycles. The molecule has 0 aromatic carbocycles. The minimum absolute atomic E-state index is 0.704. The van der Waals surface area contributed by atoms with Crippen molar-refractivity contribution in [2.75, 3.05) is 0 Å². The van der Waals surface area contributed by atoms with Crippen LogP contribution in [0, 0.1) is 11.8 Å². The molecular formula is C12H15N. The Morgan fingerprint density at radius 1 is 1.38 bits per heavy atom. The third-order valence-electron chi connectivity index (χ3n) is 2.75. The molecule has 0 saturated heterocycles. The van der Waals surface area contributed by atoms with Gasteiger partial charge in [0.1, 0.15) is 0 Å². The third kappa shape index (κ3) is 1.64. The first-order valence-electron chi connectivity index (χ1n) is 4.89. The quantitative estimate of drug-likeness (QED) is 0.624. The van der Waals surface area contributed by atoms with E-state index in [1.54, 1.807) is 0 Å². The highest BCUT2D eigenvalue weighted by atomic mass is 14.6. The van der Waals surface area contributed by atoms with E-state index >= 15 is 0 Å². The zero-order chi connectivity index (χ0) is 9.26. The summed E-state index contributed by atoms with van der Waals surface area (Å²) in [6.45, 7) is 4.56. The second-order valence-corrected chi connectivity index (χ2v) is 4.02. The van der Waals surface area contributed by atoms with Gasteiger partial charge < -0.3 is 0 Å². The lowest BCUT2D eigenvalue weighted by atomic mass is 9.88. The summed E-state index contributed by atoms with van der Waals surface area (Å²) in [4.78, 5) is 4.12. The van der Waals surface area contributed by atoms with E-state index in [0.29, 0.717) is 5.92 Å². The van der Waals surface area contributed by atoms with Crippen LogP contribution in [0.1, 0.15) is 20.3 Å². The maximum atomic E-state index is 4.12. The second kappa shape index (κ2) is 3.33. The van der Waals surface area contributed by atoms with Crippen molar-refractivity contribution in [2.45, 2.75) is 20.3 Å². The van der Waals surface area contributed by atoms with Crippen molar-refractivity contribution in [3.05, 3.63) is 28.9 Å². The normalized spacial score (nSPS) is 20.4. The highest BCUT2D eigenvalue weighted by Crippen LogP contribution is 2.18. The Balaban J connectivity index is 2.49. The molecule has 1 aromatic heterocycles. The van der Waals surface area contributed by atoms with Gasteiger partial charge in [0, 0.05) is 12.4 Å². The molecule has 1 heteroatoms. The van der Waals surface area contributed by atoms with Crippen molar-refractivity contribution in [1.29, 1.82) is 0 Å². The molecule has 13 heavy (non-hydrogen) atoms. The topological polar surface area (TPSA) is 12.9 Å². The van der Waals surface area contributed by atoms with Crippen LogP contribution in [-0.4, -0.2) is 4.98 Å². The van der Waals surface area contributed by atoms with Crippen LogP contribution in [0.5, 0.6) is 0 Å². The van der Waals surface area contributed by atoms with Gasteiger partial charge in [0.25, 0.3) is 0 Å². The van der Waals surface area contributed by atoms with E-state index in [4.69, 9.17) is 0 Å². The Morgan fingerprint density at radius 2 is 2.23 bits per heavy atom. The molecule has 1 atom stereocenters. The molecule has 1 aliphatic rings. The van der Waals surface area contributed by atoms with E-state index in [1.807, 2.05) is 12.4 Å². The van der Waals surface area contributed by atoms with E-state index in [2.05, 4.69) is 37.0 Å². The van der Waals surface area contributed by atoms with Crippen LogP contribution in [0.2, 0.25) is 0 Å². The van der Waals surface area contributed by atoms with Crippen LogP contribution in [0.15, 0.2) is 18.5 Å². The zero-order valence-electron chi connectivity index (χ0n) is 8.20. The highest BCUT2D eigenvalue weighted by Gasteiger charge is 2.10. The van der Waals surface area contributed by atoms with Gasteiger partial charge in [0.15, 0.2) is 0 Å². The van der Waals surface area contributed by atoms with Crippen molar-refractivity contribution in [2.24, 2.45) is 11.8 Å². The van der Waals surface area contributed by atoms with Gasteiger partial charge in [-0.25, -0.2) is 0 Å². The van der Waals surface area contributed by atoms with Gasteiger partial charge in [-0.2, -0.15) is 0 Å². The predicted octanol–water partition coefficient (Wildman–Crippen LogP) is 1.32. The van der Waals surface area contributed by atoms with E-state index in [0.717, 1.165) is 12.3 Å². The van der Waals surface area contributed by atoms with Crippen LogP contribution in [0.3, 0.4) is 0 Å². The summed E-state index contributed by atoms with van der Waals surface area (Å²) in [5.41, 5.74) is 0. The van der Waals surface area contributed by atoms with Gasteiger partial charge >= 0.3 is 0 Å². The largest absolute Gasteiger partial charge is 0.264 e. The predicted molar refractivity (Wildman–Crippen MR) is 55.4 cm³/mol. The molecule has 1 nitrogen and oxygen atoms in total. The smallest absolute Gasteiger partial charge is 0.0343 e. The molecule has 2 rings (SSSR count). The summed E-state index contributed by atoms with van der Waals surface area (Å²) >= 11 is 0. The van der Waals surface area contributed by atoms with Gasteiger partial charge in [0.2, 0.25) is 0 Å². The summed E-state index contributed by atoms with van der Waals surface area (Å²) in [5.74, 6) is 1.44. The standard InChI is InChI=1S/C12H15N/c1-9(2)10-3-4-12-8-13-6-5-11(12)7-10/h4-10H,3H2,1-2H3. The van der Waals surface area contributed by atoms with Gasteiger partial charge in [-0.1, -0.05) is 26.0 Å². The minimum atomic E-state index is 0.704. The molecule has 0 N–H and O–H groups in total. The van der Waals surface area contributed by atoms with Crippen molar-refractivity contribution < 1.29 is 0 Å². The summed E-state index contributed by atoms with van der Waals surface area (Å²) < 4.78 is 0. The molecule has 0 spiro atoms. The number of hydrogen-bond donors (Lipinski definition) is 0. The van der Waals surface area contributed by atoms with Crippen molar-refractivity contribution in [3.8, 4) is 0 Å². The summed E-state index contributed by atoms with van der Waals surface area (Å²) in [7, 11) is 0. The molecule has 0 bridgehead atoms. The van der Waals surface area contributed by atoms with Crippen LogP contribution >= 0.6 is 0 Å². The SMILES string of the molecule is CC(C)C1C=c2ccncc2=CC1. The lowest BCUT2D eigenvalue weighted by molar-refractivity contribution is 0.499. The van der Waals surface area contributed by atoms with Gasteiger partial charge in [0.05, 0.1) is 0 Å². The Kier molecular flexibility index (Phi) is 2.17. The maximum absolute atomic E-state index is 4.12. The number of nitrogens with zero attached hydrogens (tertiary/aromatic N) is 1. The van der Waals surface area contributed by atoms with Crippen molar-refractivity contribution in [1.82, 2.24) is 4.98 Å². The van der Waals surface area contributed by atoms with Crippen molar-refractivity contribution in [3.63, 3.8) is 0 Å². The summed E-state index contributed by atoms with van der Waals surface area (Å²) in [5, 5.41) is 2.64. The molecular weight excluding hydrogens is 158 g/mol. The average Bonchev–Trinajstić information content (AvgIpc) is 2.17. The molecule has 1 aromatic rings. The Bertz CT molecular complexity index is 403. The lowest BCUT2D eigenvalue weighted by Gasteiger charge is -2.17. The summed E-state index contributed by atoms with van der Waals surface area (Å²) in [6, 6.07) is 2.10. The van der Waals surface area contributed by atoms with Gasteiger partial charge in [-0.3, -0.25) is 4.98 Å². The fourth-order valence-corrected chi connectivity index (χ4v) is 1.77. The van der Waals surface area contributed by atoms with Crippen LogP contribution in [0.4, 0.5) is 0 Å². The van der Waals surface area contributed by atoms with E-state index < -0.39 is 0 Å². The fraction of sp³-hybridized carbons (Fsp3) is 0.417. The third-order valence-corrected chi connectivity index (χ3v) is 2.75. The number of fused-ring (bicyclic) bond motifs is 1.